The first-order valence-electron chi connectivity index (χ1n) is 16.7. The summed E-state index contributed by atoms with van der Waals surface area (Å²) in [6, 6.07) is 30.8. The van der Waals surface area contributed by atoms with Crippen LogP contribution in [0.1, 0.15) is 11.5 Å². The molecule has 5 aromatic carbocycles. The molecule has 2 N–H and O–H groups in total. The maximum absolute atomic E-state index is 12.9. The van der Waals surface area contributed by atoms with Gasteiger partial charge in [-0.15, -0.1) is 4.57 Å². The van der Waals surface area contributed by atoms with Gasteiger partial charge in [0.1, 0.15) is 22.3 Å². The number of hydrogen-bond donors (Lipinski definition) is 2. The number of oxazole rings is 1. The number of benzene rings is 5. The molecule has 0 saturated carbocycles. The van der Waals surface area contributed by atoms with Crippen molar-refractivity contribution in [1.29, 1.82) is 0 Å². The summed E-state index contributed by atoms with van der Waals surface area (Å²) in [4.78, 5) is 1.15. The Morgan fingerprint density at radius 1 is 0.745 bits per heavy atom. The molecule has 3 aromatic heterocycles. The Labute approximate surface area is 312 Å². The van der Waals surface area contributed by atoms with Crippen molar-refractivity contribution in [3.05, 3.63) is 155 Å². The van der Waals surface area contributed by atoms with E-state index in [2.05, 4.69) is 18.0 Å². The van der Waals surface area contributed by atoms with Gasteiger partial charge in [-0.1, -0.05) is 72.5 Å². The van der Waals surface area contributed by atoms with E-state index in [0.717, 1.165) is 26.6 Å². The van der Waals surface area contributed by atoms with E-state index in [1.807, 2.05) is 72.8 Å². The number of furan rings is 2. The third-order valence-corrected chi connectivity index (χ3v) is 10.5. The zero-order valence-corrected chi connectivity index (χ0v) is 30.1. The summed E-state index contributed by atoms with van der Waals surface area (Å²) < 4.78 is 97.2. The van der Waals surface area contributed by atoms with E-state index >= 15 is 0 Å². The molecule has 9 rings (SSSR count). The quantitative estimate of drug-likeness (QED) is 0.0866. The first kappa shape index (κ1) is 34.2. The number of fused-ring (bicyclic) bond motifs is 8. The summed E-state index contributed by atoms with van der Waals surface area (Å²) in [6.07, 6.45) is 3.31. The summed E-state index contributed by atoms with van der Waals surface area (Å²) in [5.74, 6) is -0.634. The Balaban J connectivity index is 1.27. The van der Waals surface area contributed by atoms with E-state index in [9.17, 15) is 25.9 Å². The minimum atomic E-state index is -4.96. The second kappa shape index (κ2) is 12.8. The molecule has 1 aliphatic heterocycles. The second-order valence-electron chi connectivity index (χ2n) is 12.8. The minimum absolute atomic E-state index is 0.0370. The van der Waals surface area contributed by atoms with Crippen LogP contribution in [0.5, 0.6) is 5.75 Å². The summed E-state index contributed by atoms with van der Waals surface area (Å²) in [5.41, 5.74) is 9.01. The van der Waals surface area contributed by atoms with Gasteiger partial charge in [-0.25, -0.2) is 0 Å². The Kier molecular flexibility index (Phi) is 7.92. The number of nitrogens with zero attached hydrogens (tertiary/aromatic N) is 2. The van der Waals surface area contributed by atoms with E-state index in [4.69, 9.17) is 18.0 Å². The molecular formula is C41H27N2O10S2+. The average Bonchev–Trinajstić information content (AvgIpc) is 3.88. The maximum atomic E-state index is 12.9. The SMILES string of the molecule is C=C=C=C(N1C(=CC(=Cc2oc3cc4c(cc3[n+]2CS(=O)(=O)O)oc2ccccc24)Cc2ccccc2)Oc2cc3c(cc21)oc1ccccc13)S(=O)(=O)O. The van der Waals surface area contributed by atoms with Gasteiger partial charge in [0.15, 0.2) is 5.75 Å². The van der Waals surface area contributed by atoms with Gasteiger partial charge in [-0.2, -0.15) is 16.8 Å². The zero-order chi connectivity index (χ0) is 38.1. The van der Waals surface area contributed by atoms with Crippen molar-refractivity contribution in [2.45, 2.75) is 12.3 Å². The maximum Gasteiger partial charge on any atom is 0.375 e. The highest BCUT2D eigenvalue weighted by atomic mass is 32.2. The Morgan fingerprint density at radius 2 is 1.38 bits per heavy atom. The summed E-state index contributed by atoms with van der Waals surface area (Å²) >= 11 is 0. The highest BCUT2D eigenvalue weighted by molar-refractivity contribution is 7.90. The van der Waals surface area contributed by atoms with E-state index in [1.54, 1.807) is 36.4 Å². The second-order valence-corrected chi connectivity index (χ2v) is 15.6. The average molecular weight is 772 g/mol. The number of aromatic nitrogens is 1. The van der Waals surface area contributed by atoms with Gasteiger partial charge >= 0.3 is 26.1 Å². The van der Waals surface area contributed by atoms with Crippen molar-refractivity contribution in [1.82, 2.24) is 0 Å². The van der Waals surface area contributed by atoms with E-state index in [0.29, 0.717) is 44.4 Å². The van der Waals surface area contributed by atoms with Crippen molar-refractivity contribution in [2.75, 3.05) is 4.90 Å². The van der Waals surface area contributed by atoms with Gasteiger partial charge in [-0.3, -0.25) is 14.0 Å². The molecule has 4 heterocycles. The molecule has 0 spiro atoms. The largest absolute Gasteiger partial charge is 0.456 e. The van der Waals surface area contributed by atoms with Gasteiger partial charge in [0.25, 0.3) is 11.4 Å². The number of hydrogen-bond acceptors (Lipinski definition) is 9. The Bertz CT molecular complexity index is 3290. The lowest BCUT2D eigenvalue weighted by atomic mass is 10.0. The van der Waals surface area contributed by atoms with Crippen LogP contribution in [0.3, 0.4) is 0 Å². The third-order valence-electron chi connectivity index (χ3n) is 9.17. The minimum Gasteiger partial charge on any atom is -0.456 e. The summed E-state index contributed by atoms with van der Waals surface area (Å²) in [6.45, 7) is 3.47. The fraction of sp³-hybridized carbons (Fsp3) is 0.0488. The van der Waals surface area contributed by atoms with Crippen molar-refractivity contribution >= 4 is 87.0 Å². The fourth-order valence-corrected chi connectivity index (χ4v) is 8.12. The first-order valence-corrected chi connectivity index (χ1v) is 19.7. The molecule has 8 aromatic rings. The van der Waals surface area contributed by atoms with Crippen LogP contribution < -0.4 is 14.2 Å². The monoisotopic (exact) mass is 771 g/mol. The molecule has 272 valence electrons. The van der Waals surface area contributed by atoms with Gasteiger partial charge < -0.3 is 18.0 Å². The highest BCUT2D eigenvalue weighted by Gasteiger charge is 2.37. The molecule has 0 saturated heterocycles. The Morgan fingerprint density at radius 3 is 2.04 bits per heavy atom. The van der Waals surface area contributed by atoms with E-state index in [1.165, 1.54) is 10.6 Å². The number of allylic oxidation sites excluding steroid dienone is 2. The van der Waals surface area contributed by atoms with Gasteiger partial charge in [0, 0.05) is 33.7 Å². The van der Waals surface area contributed by atoms with Crippen LogP contribution in [0.4, 0.5) is 5.69 Å². The van der Waals surface area contributed by atoms with Crippen LogP contribution in [-0.4, -0.2) is 25.9 Å². The smallest absolute Gasteiger partial charge is 0.375 e. The van der Waals surface area contributed by atoms with Crippen LogP contribution >= 0.6 is 0 Å². The van der Waals surface area contributed by atoms with Crippen molar-refractivity contribution in [2.24, 2.45) is 0 Å². The predicted molar refractivity (Wildman–Crippen MR) is 206 cm³/mol. The molecule has 0 bridgehead atoms. The Hall–Kier alpha value is -6.63. The standard InChI is InChI=1S/C41H26N2O10S2/c1-2-10-41(55(47,48)49)43-32-23-36-30(28-14-7-9-16-34(28)51-36)21-38(32)53-40(43)19-26(17-25-11-4-3-5-12-25)18-39-42(24-54(44,45)46)31-22-35-29(20-37(31)52-39)27-13-6-8-15-33(27)50-35/h3-9,11-16,18-23H,1,17,24H2,(H-,44,45,46,47,48,49)/p+1. The molecule has 0 atom stereocenters. The molecule has 0 unspecified atom stereocenters. The van der Waals surface area contributed by atoms with Crippen LogP contribution in [0.2, 0.25) is 0 Å². The van der Waals surface area contributed by atoms with Gasteiger partial charge in [0.2, 0.25) is 16.5 Å². The molecular weight excluding hydrogens is 745 g/mol. The molecule has 0 aliphatic carbocycles. The number of rotatable bonds is 8. The molecule has 55 heavy (non-hydrogen) atoms. The van der Waals surface area contributed by atoms with E-state index < -0.39 is 31.1 Å². The first-order chi connectivity index (χ1) is 26.4. The van der Waals surface area contributed by atoms with E-state index in [-0.39, 0.29) is 29.6 Å². The van der Waals surface area contributed by atoms with Gasteiger partial charge in [-0.05, 0) is 54.1 Å². The predicted octanol–water partition coefficient (Wildman–Crippen LogP) is 8.40. The van der Waals surface area contributed by atoms with Crippen LogP contribution in [0.25, 0.3) is 61.1 Å². The topological polar surface area (TPSA) is 165 Å². The molecule has 14 heteroatoms. The van der Waals surface area contributed by atoms with Crippen molar-refractivity contribution in [3.63, 3.8) is 0 Å². The lowest BCUT2D eigenvalue weighted by Crippen LogP contribution is -2.39. The third kappa shape index (κ3) is 6.20. The summed E-state index contributed by atoms with van der Waals surface area (Å²) in [7, 11) is -9.56. The lowest BCUT2D eigenvalue weighted by Gasteiger charge is -2.18. The molecule has 0 amide bonds. The molecule has 12 nitrogen and oxygen atoms in total. The van der Waals surface area contributed by atoms with Crippen LogP contribution in [-0.2, 0) is 32.5 Å². The zero-order valence-electron chi connectivity index (χ0n) is 28.5. The van der Waals surface area contributed by atoms with Crippen molar-refractivity contribution in [3.8, 4) is 5.75 Å². The molecule has 0 radical (unpaired) electrons. The van der Waals surface area contributed by atoms with Crippen LogP contribution in [0, 0.1) is 0 Å². The normalized spacial score (nSPS) is 14.3. The highest BCUT2D eigenvalue weighted by Crippen LogP contribution is 2.47. The summed E-state index contributed by atoms with van der Waals surface area (Å²) in [5, 5.41) is 2.37. The number of anilines is 1. The molecule has 1 aliphatic rings. The fourth-order valence-electron chi connectivity index (χ4n) is 6.91. The van der Waals surface area contributed by atoms with Crippen molar-refractivity contribution < 1.29 is 48.5 Å². The lowest BCUT2D eigenvalue weighted by molar-refractivity contribution is -0.658. The number of para-hydroxylation sites is 2. The molecule has 0 fully saturated rings. The van der Waals surface area contributed by atoms with Crippen LogP contribution in [0.15, 0.2) is 157 Å². The van der Waals surface area contributed by atoms with Gasteiger partial charge in [0.05, 0.1) is 17.8 Å². The number of ether oxygens (including phenoxy) is 1.